The van der Waals surface area contributed by atoms with Gasteiger partial charge < -0.3 is 19.7 Å². The molecule has 0 aliphatic rings. The van der Waals surface area contributed by atoms with Gasteiger partial charge in [-0.25, -0.2) is 0 Å². The summed E-state index contributed by atoms with van der Waals surface area (Å²) in [6.07, 6.45) is 0.0727. The van der Waals surface area contributed by atoms with E-state index in [0.29, 0.717) is 11.7 Å². The van der Waals surface area contributed by atoms with E-state index < -0.39 is 6.10 Å². The first-order chi connectivity index (χ1) is 14.0. The minimum atomic E-state index is -0.712. The number of hydrogen-bond acceptors (Lipinski definition) is 4. The van der Waals surface area contributed by atoms with Gasteiger partial charge in [0, 0.05) is 0 Å². The number of benzene rings is 3. The molecule has 0 radical (unpaired) electrons. The number of phenols is 1. The molecule has 0 aromatic heterocycles. The van der Waals surface area contributed by atoms with E-state index in [4.69, 9.17) is 9.47 Å². The Labute approximate surface area is 172 Å². The van der Waals surface area contributed by atoms with E-state index in [1.54, 1.807) is 12.1 Å². The van der Waals surface area contributed by atoms with E-state index in [2.05, 4.69) is 13.8 Å². The van der Waals surface area contributed by atoms with Gasteiger partial charge in [-0.05, 0) is 65.4 Å². The fraction of sp³-hybridized carbons (Fsp3) is 0.280. The predicted octanol–water partition coefficient (Wildman–Crippen LogP) is 4.93. The monoisotopic (exact) mass is 392 g/mol. The first-order valence-corrected chi connectivity index (χ1v) is 9.90. The molecule has 3 aromatic carbocycles. The molecule has 0 saturated carbocycles. The maximum absolute atomic E-state index is 10.1. The van der Waals surface area contributed by atoms with Gasteiger partial charge in [-0.1, -0.05) is 50.2 Å². The maximum Gasteiger partial charge on any atom is 0.122 e. The van der Waals surface area contributed by atoms with Gasteiger partial charge in [-0.2, -0.15) is 0 Å². The van der Waals surface area contributed by atoms with Crippen LogP contribution < -0.4 is 9.47 Å². The summed E-state index contributed by atoms with van der Waals surface area (Å²) in [4.78, 5) is 0. The van der Waals surface area contributed by atoms with Gasteiger partial charge in [0.2, 0.25) is 0 Å². The molecule has 0 fully saturated rings. The van der Waals surface area contributed by atoms with E-state index >= 15 is 0 Å². The first kappa shape index (κ1) is 20.7. The highest BCUT2D eigenvalue weighted by atomic mass is 16.5. The first-order valence-electron chi connectivity index (χ1n) is 9.90. The Morgan fingerprint density at radius 2 is 1.14 bits per heavy atom. The lowest BCUT2D eigenvalue weighted by molar-refractivity contribution is 0.0626. The summed E-state index contributed by atoms with van der Waals surface area (Å²) in [6, 6.07) is 22.9. The molecule has 3 rings (SSSR count). The zero-order valence-electron chi connectivity index (χ0n) is 16.9. The molecule has 2 N–H and O–H groups in total. The maximum atomic E-state index is 10.1. The van der Waals surface area contributed by atoms with Gasteiger partial charge in [-0.3, -0.25) is 0 Å². The van der Waals surface area contributed by atoms with E-state index in [1.807, 2.05) is 60.7 Å². The zero-order chi connectivity index (χ0) is 20.6. The van der Waals surface area contributed by atoms with E-state index in [-0.39, 0.29) is 19.0 Å². The van der Waals surface area contributed by atoms with Crippen molar-refractivity contribution in [3.63, 3.8) is 0 Å². The molecule has 1 unspecified atom stereocenters. The number of hydrogen-bond donors (Lipinski definition) is 2. The molecule has 0 bridgehead atoms. The SMILES string of the molecule is CC(C)c1ccc(OCC(O)COc2ccc(Cc3ccc(O)cc3)cc2)cc1. The summed E-state index contributed by atoms with van der Waals surface area (Å²) < 4.78 is 11.3. The average molecular weight is 392 g/mol. The average Bonchev–Trinajstić information content (AvgIpc) is 2.73. The van der Waals surface area contributed by atoms with E-state index in [0.717, 1.165) is 23.3 Å². The largest absolute Gasteiger partial charge is 0.508 e. The van der Waals surface area contributed by atoms with Gasteiger partial charge in [0.25, 0.3) is 0 Å². The molecule has 0 aliphatic carbocycles. The number of phenolic OH excluding ortho intramolecular Hbond substituents is 1. The molecule has 1 atom stereocenters. The van der Waals surface area contributed by atoms with Crippen molar-refractivity contribution in [2.24, 2.45) is 0 Å². The van der Waals surface area contributed by atoms with Crippen molar-refractivity contribution in [1.29, 1.82) is 0 Å². The number of aliphatic hydroxyl groups is 1. The Hall–Kier alpha value is -2.98. The van der Waals surface area contributed by atoms with Crippen LogP contribution in [0.15, 0.2) is 72.8 Å². The lowest BCUT2D eigenvalue weighted by atomic mass is 10.0. The topological polar surface area (TPSA) is 58.9 Å². The lowest BCUT2D eigenvalue weighted by Gasteiger charge is -2.14. The van der Waals surface area contributed by atoms with Crippen molar-refractivity contribution < 1.29 is 19.7 Å². The van der Waals surface area contributed by atoms with Crippen molar-refractivity contribution in [1.82, 2.24) is 0 Å². The second-order valence-corrected chi connectivity index (χ2v) is 7.49. The summed E-state index contributed by atoms with van der Waals surface area (Å²) in [6.45, 7) is 4.65. The fourth-order valence-corrected chi connectivity index (χ4v) is 2.93. The van der Waals surface area contributed by atoms with Crippen molar-refractivity contribution in [2.45, 2.75) is 32.3 Å². The molecule has 0 amide bonds. The molecule has 0 aliphatic heterocycles. The molecule has 4 heteroatoms. The number of rotatable bonds is 9. The molecule has 3 aromatic rings. The molecule has 152 valence electrons. The van der Waals surface area contributed by atoms with Crippen LogP contribution in [0.25, 0.3) is 0 Å². The highest BCUT2D eigenvalue weighted by Gasteiger charge is 2.08. The van der Waals surface area contributed by atoms with Crippen LogP contribution in [0.2, 0.25) is 0 Å². The van der Waals surface area contributed by atoms with E-state index in [9.17, 15) is 10.2 Å². The van der Waals surface area contributed by atoms with Crippen molar-refractivity contribution in [3.05, 3.63) is 89.5 Å². The molecule has 0 spiro atoms. The number of aliphatic hydroxyl groups excluding tert-OH is 1. The second kappa shape index (κ2) is 9.99. The number of aromatic hydroxyl groups is 1. The molecular weight excluding hydrogens is 364 g/mol. The van der Waals surface area contributed by atoms with Crippen LogP contribution >= 0.6 is 0 Å². The minimum Gasteiger partial charge on any atom is -0.508 e. The Kier molecular flexibility index (Phi) is 7.14. The summed E-state index contributed by atoms with van der Waals surface area (Å²) in [7, 11) is 0. The van der Waals surface area contributed by atoms with Crippen LogP contribution in [0.1, 0.15) is 36.5 Å². The molecule has 4 nitrogen and oxygen atoms in total. The molecule has 29 heavy (non-hydrogen) atoms. The predicted molar refractivity (Wildman–Crippen MR) is 115 cm³/mol. The van der Waals surface area contributed by atoms with Gasteiger partial charge in [0.1, 0.15) is 36.6 Å². The normalized spacial score (nSPS) is 12.0. The Bertz CT molecular complexity index is 868. The van der Waals surface area contributed by atoms with Crippen LogP contribution in [-0.4, -0.2) is 29.5 Å². The molecular formula is C25H28O4. The van der Waals surface area contributed by atoms with Crippen LogP contribution in [0, 0.1) is 0 Å². The van der Waals surface area contributed by atoms with Crippen LogP contribution in [0.3, 0.4) is 0 Å². The highest BCUT2D eigenvalue weighted by molar-refractivity contribution is 5.33. The van der Waals surface area contributed by atoms with Gasteiger partial charge in [-0.15, -0.1) is 0 Å². The summed E-state index contributed by atoms with van der Waals surface area (Å²) in [5.41, 5.74) is 3.54. The Morgan fingerprint density at radius 1 is 0.690 bits per heavy atom. The third-order valence-corrected chi connectivity index (χ3v) is 4.70. The molecule has 0 heterocycles. The van der Waals surface area contributed by atoms with Gasteiger partial charge >= 0.3 is 0 Å². The fourth-order valence-electron chi connectivity index (χ4n) is 2.93. The molecule has 0 saturated heterocycles. The van der Waals surface area contributed by atoms with Gasteiger partial charge in [0.05, 0.1) is 0 Å². The van der Waals surface area contributed by atoms with Crippen molar-refractivity contribution in [3.8, 4) is 17.2 Å². The minimum absolute atomic E-state index is 0.168. The smallest absolute Gasteiger partial charge is 0.122 e. The third-order valence-electron chi connectivity index (χ3n) is 4.70. The standard InChI is InChI=1S/C25H28O4/c1-18(2)21-7-13-25(14-8-21)29-17-23(27)16-28-24-11-5-20(6-12-24)15-19-3-9-22(26)10-4-19/h3-14,18,23,26-27H,15-17H2,1-2H3. The van der Waals surface area contributed by atoms with E-state index in [1.165, 1.54) is 5.56 Å². The van der Waals surface area contributed by atoms with Crippen LogP contribution in [0.4, 0.5) is 0 Å². The lowest BCUT2D eigenvalue weighted by Crippen LogP contribution is -2.25. The highest BCUT2D eigenvalue weighted by Crippen LogP contribution is 2.19. The van der Waals surface area contributed by atoms with Crippen molar-refractivity contribution in [2.75, 3.05) is 13.2 Å². The summed E-state index contributed by atoms with van der Waals surface area (Å²) >= 11 is 0. The number of ether oxygens (including phenoxy) is 2. The Morgan fingerprint density at radius 3 is 1.62 bits per heavy atom. The Balaban J connectivity index is 1.42. The van der Waals surface area contributed by atoms with Gasteiger partial charge in [0.15, 0.2) is 0 Å². The zero-order valence-corrected chi connectivity index (χ0v) is 16.9. The quantitative estimate of drug-likeness (QED) is 0.542. The van der Waals surface area contributed by atoms with Crippen LogP contribution in [-0.2, 0) is 6.42 Å². The summed E-state index contributed by atoms with van der Waals surface area (Å²) in [5, 5.41) is 19.5. The van der Waals surface area contributed by atoms with Crippen LogP contribution in [0.5, 0.6) is 17.2 Å². The van der Waals surface area contributed by atoms with Crippen molar-refractivity contribution >= 4 is 0 Å². The second-order valence-electron chi connectivity index (χ2n) is 7.49. The summed E-state index contributed by atoms with van der Waals surface area (Å²) in [5.74, 6) is 2.20. The third kappa shape index (κ3) is 6.54.